The largest absolute Gasteiger partial charge is 0.444 e. The van der Waals surface area contributed by atoms with Crippen molar-refractivity contribution in [2.45, 2.75) is 45.0 Å². The topological polar surface area (TPSA) is 74.4 Å². The number of rotatable bonds is 2. The summed E-state index contributed by atoms with van der Waals surface area (Å²) in [6, 6.07) is -0.221. The minimum Gasteiger partial charge on any atom is -0.444 e. The quantitative estimate of drug-likeness (QED) is 0.352. The number of guanidine groups is 1. The van der Waals surface area contributed by atoms with E-state index in [0.717, 1.165) is 0 Å². The van der Waals surface area contributed by atoms with Crippen molar-refractivity contribution < 1.29 is 22.7 Å². The highest BCUT2D eigenvalue weighted by molar-refractivity contribution is 14.0. The standard InChI is InChI=1S/C16H28F3N5O2.HI/c1-15(2,3)26-14(25)24-8-6-23(7-9-24)13(20)21-12-4-5-22(10-12)11-16(17,18)19;/h12H,4-11H2,1-3H3,(H2,20,21);1H. The highest BCUT2D eigenvalue weighted by Crippen LogP contribution is 2.21. The van der Waals surface area contributed by atoms with Gasteiger partial charge in [0.1, 0.15) is 5.60 Å². The first-order chi connectivity index (χ1) is 11.9. The molecule has 7 nitrogen and oxygen atoms in total. The SMILES string of the molecule is CC(C)(C)OC(=O)N1CCN(C(N)=NC2CCN(CC(F)(F)F)C2)CC1.I. The molecule has 2 aliphatic rings. The smallest absolute Gasteiger partial charge is 0.410 e. The molecule has 27 heavy (non-hydrogen) atoms. The molecule has 0 aliphatic carbocycles. The second kappa shape index (κ2) is 9.48. The third-order valence-electron chi connectivity index (χ3n) is 4.22. The van der Waals surface area contributed by atoms with Crippen LogP contribution in [0.15, 0.2) is 4.99 Å². The first-order valence-corrected chi connectivity index (χ1v) is 8.78. The minimum absolute atomic E-state index is 0. The van der Waals surface area contributed by atoms with E-state index in [1.54, 1.807) is 4.90 Å². The first-order valence-electron chi connectivity index (χ1n) is 8.78. The van der Waals surface area contributed by atoms with Gasteiger partial charge in [0, 0.05) is 39.3 Å². The molecule has 1 atom stereocenters. The third-order valence-corrected chi connectivity index (χ3v) is 4.22. The van der Waals surface area contributed by atoms with Crippen molar-refractivity contribution in [2.75, 3.05) is 45.8 Å². The lowest BCUT2D eigenvalue weighted by atomic mass is 10.2. The molecule has 1 unspecified atom stereocenters. The van der Waals surface area contributed by atoms with E-state index in [1.165, 1.54) is 4.90 Å². The predicted octanol–water partition coefficient (Wildman–Crippen LogP) is 2.11. The Labute approximate surface area is 175 Å². The Morgan fingerprint density at radius 3 is 2.19 bits per heavy atom. The Bertz CT molecular complexity index is 531. The molecule has 2 heterocycles. The number of amides is 1. The fraction of sp³-hybridized carbons (Fsp3) is 0.875. The molecule has 2 aliphatic heterocycles. The highest BCUT2D eigenvalue weighted by Gasteiger charge is 2.34. The van der Waals surface area contributed by atoms with E-state index in [0.29, 0.717) is 45.1 Å². The van der Waals surface area contributed by atoms with Gasteiger partial charge >= 0.3 is 12.3 Å². The van der Waals surface area contributed by atoms with Crippen molar-refractivity contribution in [3.8, 4) is 0 Å². The second-order valence-corrected chi connectivity index (χ2v) is 7.73. The zero-order chi connectivity index (χ0) is 19.5. The molecule has 0 aromatic rings. The van der Waals surface area contributed by atoms with Crippen LogP contribution in [-0.2, 0) is 4.74 Å². The lowest BCUT2D eigenvalue weighted by Gasteiger charge is -2.36. The number of nitrogens with two attached hydrogens (primary N) is 1. The van der Waals surface area contributed by atoms with Crippen molar-refractivity contribution in [2.24, 2.45) is 10.7 Å². The number of piperazine rings is 1. The monoisotopic (exact) mass is 507 g/mol. The van der Waals surface area contributed by atoms with Gasteiger partial charge in [-0.2, -0.15) is 13.2 Å². The van der Waals surface area contributed by atoms with Gasteiger partial charge in [-0.25, -0.2) is 9.79 Å². The maximum atomic E-state index is 12.4. The van der Waals surface area contributed by atoms with Gasteiger partial charge in [0.2, 0.25) is 0 Å². The van der Waals surface area contributed by atoms with Gasteiger partial charge in [0.15, 0.2) is 5.96 Å². The van der Waals surface area contributed by atoms with E-state index < -0.39 is 18.3 Å². The molecule has 158 valence electrons. The zero-order valence-electron chi connectivity index (χ0n) is 16.0. The summed E-state index contributed by atoms with van der Waals surface area (Å²) in [4.78, 5) is 21.3. The van der Waals surface area contributed by atoms with E-state index in [4.69, 9.17) is 10.5 Å². The Kier molecular flexibility index (Phi) is 8.45. The van der Waals surface area contributed by atoms with Crippen LogP contribution in [0.2, 0.25) is 0 Å². The molecule has 0 bridgehead atoms. The van der Waals surface area contributed by atoms with Crippen molar-refractivity contribution in [3.05, 3.63) is 0 Å². The average Bonchev–Trinajstić information content (AvgIpc) is 2.90. The van der Waals surface area contributed by atoms with Crippen LogP contribution in [0.25, 0.3) is 0 Å². The van der Waals surface area contributed by atoms with Gasteiger partial charge in [-0.3, -0.25) is 4.90 Å². The zero-order valence-corrected chi connectivity index (χ0v) is 18.3. The Morgan fingerprint density at radius 1 is 1.11 bits per heavy atom. The number of hydrogen-bond donors (Lipinski definition) is 1. The summed E-state index contributed by atoms with van der Waals surface area (Å²) in [6.07, 6.45) is -3.98. The number of aliphatic imine (C=N–C) groups is 1. The van der Waals surface area contributed by atoms with Crippen LogP contribution in [0.1, 0.15) is 27.2 Å². The second-order valence-electron chi connectivity index (χ2n) is 7.73. The fourth-order valence-corrected chi connectivity index (χ4v) is 3.03. The molecule has 0 aromatic carbocycles. The number of nitrogens with zero attached hydrogens (tertiary/aromatic N) is 4. The Balaban J connectivity index is 0.00000364. The number of halogens is 4. The number of likely N-dealkylation sites (tertiary alicyclic amines) is 1. The van der Waals surface area contributed by atoms with Crippen LogP contribution < -0.4 is 5.73 Å². The van der Waals surface area contributed by atoms with Crippen LogP contribution in [0, 0.1) is 0 Å². The van der Waals surface area contributed by atoms with Crippen molar-refractivity contribution >= 4 is 36.0 Å². The van der Waals surface area contributed by atoms with Crippen molar-refractivity contribution in [1.82, 2.24) is 14.7 Å². The van der Waals surface area contributed by atoms with Gasteiger partial charge in [-0.05, 0) is 27.2 Å². The normalized spacial score (nSPS) is 22.6. The van der Waals surface area contributed by atoms with Crippen LogP contribution in [0.3, 0.4) is 0 Å². The average molecular weight is 507 g/mol. The molecule has 2 rings (SSSR count). The van der Waals surface area contributed by atoms with E-state index >= 15 is 0 Å². The van der Waals surface area contributed by atoms with E-state index in [-0.39, 0.29) is 42.7 Å². The van der Waals surface area contributed by atoms with Crippen LogP contribution >= 0.6 is 24.0 Å². The molecule has 11 heteroatoms. The van der Waals surface area contributed by atoms with Crippen molar-refractivity contribution in [1.29, 1.82) is 0 Å². The molecular formula is C16H29F3IN5O2. The molecule has 0 spiro atoms. The summed E-state index contributed by atoms with van der Waals surface area (Å²) in [5.41, 5.74) is 5.48. The van der Waals surface area contributed by atoms with Gasteiger partial charge in [-0.1, -0.05) is 0 Å². The highest BCUT2D eigenvalue weighted by atomic mass is 127. The molecule has 2 fully saturated rings. The summed E-state index contributed by atoms with van der Waals surface area (Å²) < 4.78 is 42.7. The summed E-state index contributed by atoms with van der Waals surface area (Å²) in [5, 5.41) is 0. The Hall–Kier alpha value is -0.980. The number of carbonyl (C=O) groups is 1. The van der Waals surface area contributed by atoms with Crippen molar-refractivity contribution in [3.63, 3.8) is 0 Å². The summed E-state index contributed by atoms with van der Waals surface area (Å²) in [6.45, 7) is 7.15. The number of ether oxygens (including phenoxy) is 1. The molecule has 1 amide bonds. The van der Waals surface area contributed by atoms with Crippen LogP contribution in [0.4, 0.5) is 18.0 Å². The summed E-state index contributed by atoms with van der Waals surface area (Å²) >= 11 is 0. The molecule has 0 aromatic heterocycles. The molecule has 0 radical (unpaired) electrons. The Morgan fingerprint density at radius 2 is 1.67 bits per heavy atom. The lowest BCUT2D eigenvalue weighted by molar-refractivity contribution is -0.143. The van der Waals surface area contributed by atoms with Gasteiger partial charge in [0.25, 0.3) is 0 Å². The van der Waals surface area contributed by atoms with E-state index in [1.807, 2.05) is 25.7 Å². The van der Waals surface area contributed by atoms with E-state index in [9.17, 15) is 18.0 Å². The molecule has 2 saturated heterocycles. The maximum absolute atomic E-state index is 12.4. The minimum atomic E-state index is -4.19. The maximum Gasteiger partial charge on any atom is 0.410 e. The van der Waals surface area contributed by atoms with Crippen LogP contribution in [0.5, 0.6) is 0 Å². The molecule has 0 saturated carbocycles. The van der Waals surface area contributed by atoms with Gasteiger partial charge in [-0.15, -0.1) is 24.0 Å². The third kappa shape index (κ3) is 8.28. The summed E-state index contributed by atoms with van der Waals surface area (Å²) in [7, 11) is 0. The lowest BCUT2D eigenvalue weighted by Crippen LogP contribution is -2.53. The van der Waals surface area contributed by atoms with E-state index in [2.05, 4.69) is 4.99 Å². The fourth-order valence-electron chi connectivity index (χ4n) is 3.03. The summed E-state index contributed by atoms with van der Waals surface area (Å²) in [5.74, 6) is 0.327. The van der Waals surface area contributed by atoms with Gasteiger partial charge < -0.3 is 20.3 Å². The number of carbonyl (C=O) groups excluding carboxylic acids is 1. The van der Waals surface area contributed by atoms with Gasteiger partial charge in [0.05, 0.1) is 12.6 Å². The number of alkyl halides is 3. The molecule has 2 N–H and O–H groups in total. The molecular weight excluding hydrogens is 478 g/mol. The van der Waals surface area contributed by atoms with Crippen LogP contribution in [-0.4, -0.2) is 90.4 Å². The predicted molar refractivity (Wildman–Crippen MR) is 107 cm³/mol. The number of hydrogen-bond acceptors (Lipinski definition) is 4. The first kappa shape index (κ1) is 24.1.